The molecule has 1 fully saturated rings. The molecule has 0 saturated carbocycles. The lowest BCUT2D eigenvalue weighted by Gasteiger charge is -2.29. The topological polar surface area (TPSA) is 85.5 Å². The molecule has 2 heterocycles. The van der Waals surface area contributed by atoms with Crippen LogP contribution in [0.15, 0.2) is 51.9 Å². The Morgan fingerprint density at radius 3 is 2.63 bits per heavy atom. The summed E-state index contributed by atoms with van der Waals surface area (Å²) in [5.41, 5.74) is 0.505. The summed E-state index contributed by atoms with van der Waals surface area (Å²) in [5, 5.41) is 4.25. The van der Waals surface area contributed by atoms with Crippen molar-refractivity contribution in [1.82, 2.24) is 14.4 Å². The van der Waals surface area contributed by atoms with Gasteiger partial charge in [-0.25, -0.2) is 12.8 Å². The largest absolute Gasteiger partial charge is 0.495 e. The van der Waals surface area contributed by atoms with E-state index in [9.17, 15) is 12.8 Å². The zero-order valence-electron chi connectivity index (χ0n) is 16.1. The van der Waals surface area contributed by atoms with E-state index in [-0.39, 0.29) is 27.5 Å². The molecule has 7 nitrogen and oxygen atoms in total. The van der Waals surface area contributed by atoms with E-state index >= 15 is 0 Å². The molecule has 0 radical (unpaired) electrons. The van der Waals surface area contributed by atoms with Crippen LogP contribution in [0.2, 0.25) is 5.02 Å². The van der Waals surface area contributed by atoms with Crippen LogP contribution in [0.25, 0.3) is 11.5 Å². The molecule has 30 heavy (non-hydrogen) atoms. The van der Waals surface area contributed by atoms with Gasteiger partial charge < -0.3 is 9.26 Å². The molecule has 0 spiro atoms. The molecule has 0 atom stereocenters. The molecule has 0 unspecified atom stereocenters. The van der Waals surface area contributed by atoms with Crippen LogP contribution in [0.1, 0.15) is 24.6 Å². The predicted octanol–water partition coefficient (Wildman–Crippen LogP) is 4.11. The fraction of sp³-hybridized carbons (Fsp3) is 0.300. The Morgan fingerprint density at radius 2 is 1.97 bits per heavy atom. The summed E-state index contributed by atoms with van der Waals surface area (Å²) in [5.74, 6) is 0.734. The van der Waals surface area contributed by atoms with Gasteiger partial charge in [-0.2, -0.15) is 9.29 Å². The van der Waals surface area contributed by atoms with Crippen molar-refractivity contribution in [3.05, 3.63) is 59.1 Å². The Bertz CT molecular complexity index is 1160. The average Bonchev–Trinajstić information content (AvgIpc) is 3.24. The third kappa shape index (κ3) is 4.05. The van der Waals surface area contributed by atoms with Gasteiger partial charge in [-0.05, 0) is 49.2 Å². The van der Waals surface area contributed by atoms with Gasteiger partial charge in [0.1, 0.15) is 11.6 Å². The maximum absolute atomic E-state index is 13.4. The number of hydrogen-bond acceptors (Lipinski definition) is 6. The third-order valence-electron chi connectivity index (χ3n) is 5.09. The van der Waals surface area contributed by atoms with Gasteiger partial charge in [0.15, 0.2) is 5.82 Å². The molecule has 1 aliphatic heterocycles. The van der Waals surface area contributed by atoms with Crippen LogP contribution in [-0.2, 0) is 10.0 Å². The van der Waals surface area contributed by atoms with Crippen molar-refractivity contribution in [2.75, 3.05) is 20.2 Å². The normalized spacial score (nSPS) is 16.0. The van der Waals surface area contributed by atoms with Crippen molar-refractivity contribution in [2.45, 2.75) is 23.7 Å². The van der Waals surface area contributed by atoms with E-state index in [0.29, 0.717) is 43.1 Å². The lowest BCUT2D eigenvalue weighted by atomic mass is 9.97. The van der Waals surface area contributed by atoms with E-state index in [4.69, 9.17) is 20.9 Å². The summed E-state index contributed by atoms with van der Waals surface area (Å²) in [6.45, 7) is 0.640. The van der Waals surface area contributed by atoms with E-state index in [1.807, 2.05) is 0 Å². The first-order chi connectivity index (χ1) is 14.4. The molecular formula is C20H19ClFN3O4S. The van der Waals surface area contributed by atoms with Crippen LogP contribution in [0.5, 0.6) is 5.75 Å². The second-order valence-electron chi connectivity index (χ2n) is 6.94. The van der Waals surface area contributed by atoms with Crippen molar-refractivity contribution in [1.29, 1.82) is 0 Å². The number of benzene rings is 2. The molecule has 10 heteroatoms. The number of ether oxygens (including phenoxy) is 1. The highest BCUT2D eigenvalue weighted by molar-refractivity contribution is 7.89. The average molecular weight is 452 g/mol. The monoisotopic (exact) mass is 451 g/mol. The van der Waals surface area contributed by atoms with Gasteiger partial charge in [-0.1, -0.05) is 22.8 Å². The zero-order valence-corrected chi connectivity index (χ0v) is 17.7. The van der Waals surface area contributed by atoms with Crippen LogP contribution in [0.3, 0.4) is 0 Å². The Kier molecular flexibility index (Phi) is 5.77. The number of rotatable bonds is 5. The highest BCUT2D eigenvalue weighted by atomic mass is 35.5. The van der Waals surface area contributed by atoms with Crippen LogP contribution in [0, 0.1) is 5.82 Å². The minimum atomic E-state index is -3.67. The number of halogens is 2. The third-order valence-corrected chi connectivity index (χ3v) is 7.28. The molecule has 0 N–H and O–H groups in total. The van der Waals surface area contributed by atoms with E-state index in [1.54, 1.807) is 12.1 Å². The Balaban J connectivity index is 1.46. The van der Waals surface area contributed by atoms with Crippen molar-refractivity contribution >= 4 is 21.6 Å². The van der Waals surface area contributed by atoms with Gasteiger partial charge in [0.25, 0.3) is 5.89 Å². The predicted molar refractivity (Wildman–Crippen MR) is 108 cm³/mol. The second-order valence-corrected chi connectivity index (χ2v) is 9.29. The first-order valence-corrected chi connectivity index (χ1v) is 11.1. The molecule has 4 rings (SSSR count). The smallest absolute Gasteiger partial charge is 0.258 e. The standard InChI is InChI=1S/C20H19ClFN3O4S/c1-28-18-6-5-16(12-17(18)21)30(26,27)25-9-7-13(8-10-25)19-23-20(29-24-19)14-3-2-4-15(22)11-14/h2-6,11-13H,7-10H2,1H3. The summed E-state index contributed by atoms with van der Waals surface area (Å²) in [7, 11) is -2.20. The molecule has 1 aliphatic rings. The Labute approximate surface area is 178 Å². The maximum Gasteiger partial charge on any atom is 0.258 e. The highest BCUT2D eigenvalue weighted by Gasteiger charge is 2.32. The number of methoxy groups -OCH3 is 1. The van der Waals surface area contributed by atoms with E-state index in [0.717, 1.165) is 0 Å². The van der Waals surface area contributed by atoms with Crippen LogP contribution in [-0.4, -0.2) is 43.1 Å². The number of sulfonamides is 1. The Morgan fingerprint density at radius 1 is 1.20 bits per heavy atom. The number of nitrogens with zero attached hydrogens (tertiary/aromatic N) is 3. The molecule has 3 aromatic rings. The van der Waals surface area contributed by atoms with Crippen molar-refractivity contribution in [3.8, 4) is 17.2 Å². The zero-order chi connectivity index (χ0) is 21.3. The van der Waals surface area contributed by atoms with Gasteiger partial charge >= 0.3 is 0 Å². The SMILES string of the molecule is COc1ccc(S(=O)(=O)N2CCC(c3noc(-c4cccc(F)c4)n3)CC2)cc1Cl. The summed E-state index contributed by atoms with van der Waals surface area (Å²) >= 11 is 6.08. The fourth-order valence-electron chi connectivity index (χ4n) is 3.45. The second kappa shape index (κ2) is 8.33. The summed E-state index contributed by atoms with van der Waals surface area (Å²) in [4.78, 5) is 4.50. The molecule has 1 aromatic heterocycles. The van der Waals surface area contributed by atoms with Gasteiger partial charge in [0.2, 0.25) is 10.0 Å². The van der Waals surface area contributed by atoms with Crippen LogP contribution in [0.4, 0.5) is 4.39 Å². The van der Waals surface area contributed by atoms with Gasteiger partial charge in [0.05, 0.1) is 17.0 Å². The maximum atomic E-state index is 13.4. The first-order valence-electron chi connectivity index (χ1n) is 9.31. The van der Waals surface area contributed by atoms with Crippen molar-refractivity contribution in [2.24, 2.45) is 0 Å². The molecular weight excluding hydrogens is 433 g/mol. The summed E-state index contributed by atoms with van der Waals surface area (Å²) in [6, 6.07) is 10.3. The minimum Gasteiger partial charge on any atom is -0.495 e. The molecule has 0 amide bonds. The molecule has 1 saturated heterocycles. The van der Waals surface area contributed by atoms with E-state index in [1.165, 1.54) is 41.7 Å². The molecule has 158 valence electrons. The molecule has 2 aromatic carbocycles. The summed E-state index contributed by atoms with van der Waals surface area (Å²) in [6.07, 6.45) is 1.09. The van der Waals surface area contributed by atoms with Crippen molar-refractivity contribution in [3.63, 3.8) is 0 Å². The van der Waals surface area contributed by atoms with Gasteiger partial charge in [-0.15, -0.1) is 0 Å². The number of aromatic nitrogens is 2. The first kappa shape index (κ1) is 20.8. The number of piperidine rings is 1. The van der Waals surface area contributed by atoms with Crippen LogP contribution >= 0.6 is 11.6 Å². The Hall–Kier alpha value is -2.49. The van der Waals surface area contributed by atoms with E-state index < -0.39 is 10.0 Å². The van der Waals surface area contributed by atoms with E-state index in [2.05, 4.69) is 10.1 Å². The number of hydrogen-bond donors (Lipinski definition) is 0. The summed E-state index contributed by atoms with van der Waals surface area (Å²) < 4.78 is 51.1. The minimum absolute atomic E-state index is 0.0398. The quantitative estimate of drug-likeness (QED) is 0.580. The van der Waals surface area contributed by atoms with Gasteiger partial charge in [-0.3, -0.25) is 0 Å². The van der Waals surface area contributed by atoms with Crippen molar-refractivity contribution < 1.29 is 22.1 Å². The lowest BCUT2D eigenvalue weighted by Crippen LogP contribution is -2.38. The molecule has 0 bridgehead atoms. The highest BCUT2D eigenvalue weighted by Crippen LogP contribution is 2.33. The molecule has 0 aliphatic carbocycles. The van der Waals surface area contributed by atoms with Crippen LogP contribution < -0.4 is 4.74 Å². The van der Waals surface area contributed by atoms with Gasteiger partial charge in [0, 0.05) is 24.6 Å². The fourth-order valence-corrected chi connectivity index (χ4v) is 5.27. The lowest BCUT2D eigenvalue weighted by molar-refractivity contribution is 0.307.